The number of unbranched alkanes of at least 4 members (excludes halogenated alkanes) is 2. The predicted octanol–water partition coefficient (Wildman–Crippen LogP) is 3.30. The molecule has 1 unspecified atom stereocenters. The first-order chi connectivity index (χ1) is 16.5. The Morgan fingerprint density at radius 1 is 1.09 bits per heavy atom. The van der Waals surface area contributed by atoms with E-state index in [4.69, 9.17) is 4.74 Å². The van der Waals surface area contributed by atoms with Gasteiger partial charge in [0.1, 0.15) is 0 Å². The molecule has 1 saturated heterocycles. The third-order valence-corrected chi connectivity index (χ3v) is 6.69. The van der Waals surface area contributed by atoms with Crippen LogP contribution in [-0.4, -0.2) is 66.9 Å². The van der Waals surface area contributed by atoms with Crippen molar-refractivity contribution in [3.05, 3.63) is 47.2 Å². The number of ether oxygens (including phenoxy) is 1. The molecule has 0 spiro atoms. The first-order valence-electron chi connectivity index (χ1n) is 12.7. The maximum atomic E-state index is 13.3. The summed E-state index contributed by atoms with van der Waals surface area (Å²) in [5.41, 5.74) is 2.71. The zero-order valence-corrected chi connectivity index (χ0v) is 20.7. The largest absolute Gasteiger partial charge is 0.378 e. The average Bonchev–Trinajstić information content (AvgIpc) is 2.86. The number of rotatable bonds is 11. The van der Waals surface area contributed by atoms with E-state index in [1.54, 1.807) is 9.80 Å². The highest BCUT2D eigenvalue weighted by molar-refractivity contribution is 5.98. The Morgan fingerprint density at radius 2 is 1.82 bits per heavy atom. The highest BCUT2D eigenvalue weighted by Crippen LogP contribution is 2.31. The Hall–Kier alpha value is -2.67. The van der Waals surface area contributed by atoms with E-state index in [0.717, 1.165) is 37.8 Å². The van der Waals surface area contributed by atoms with E-state index < -0.39 is 5.92 Å². The monoisotopic (exact) mass is 469 g/mol. The molecule has 0 radical (unpaired) electrons. The molecular weight excluding hydrogens is 430 g/mol. The number of nitrogens with zero attached hydrogens (tertiary/aromatic N) is 2. The van der Waals surface area contributed by atoms with Gasteiger partial charge in [-0.2, -0.15) is 0 Å². The summed E-state index contributed by atoms with van der Waals surface area (Å²) in [5, 5.41) is 2.98. The molecule has 1 N–H and O–H groups in total. The van der Waals surface area contributed by atoms with E-state index in [1.165, 1.54) is 5.56 Å². The topological polar surface area (TPSA) is 79.0 Å². The summed E-state index contributed by atoms with van der Waals surface area (Å²) >= 11 is 0. The molecule has 3 rings (SSSR count). The fourth-order valence-electron chi connectivity index (χ4n) is 4.61. The summed E-state index contributed by atoms with van der Waals surface area (Å²) in [5.74, 6) is -0.680. The Kier molecular flexibility index (Phi) is 10.1. The molecule has 2 aliphatic heterocycles. The lowest BCUT2D eigenvalue weighted by molar-refractivity contribution is -0.139. The van der Waals surface area contributed by atoms with Crippen LogP contribution in [0.1, 0.15) is 57.9 Å². The van der Waals surface area contributed by atoms with Crippen LogP contribution >= 0.6 is 0 Å². The van der Waals surface area contributed by atoms with Gasteiger partial charge in [-0.05, 0) is 44.6 Å². The number of hydrogen-bond acceptors (Lipinski definition) is 4. The molecule has 0 aromatic heterocycles. The third-order valence-electron chi connectivity index (χ3n) is 6.69. The van der Waals surface area contributed by atoms with Gasteiger partial charge in [-0.1, -0.05) is 43.7 Å². The molecule has 7 heteroatoms. The Balaban J connectivity index is 1.56. The number of carbonyl (C=O) groups excluding carboxylic acids is 3. The molecule has 186 valence electrons. The molecule has 0 aliphatic carbocycles. The number of carbonyl (C=O) groups is 3. The van der Waals surface area contributed by atoms with Crippen molar-refractivity contribution in [2.75, 3.05) is 39.4 Å². The Morgan fingerprint density at radius 3 is 2.53 bits per heavy atom. The summed E-state index contributed by atoms with van der Waals surface area (Å²) in [6.07, 6.45) is 5.14. The van der Waals surface area contributed by atoms with Crippen molar-refractivity contribution < 1.29 is 19.1 Å². The van der Waals surface area contributed by atoms with Gasteiger partial charge in [-0.3, -0.25) is 14.4 Å². The second-order valence-corrected chi connectivity index (χ2v) is 9.21. The standard InChI is InChI=1S/C27H39N3O4/c1-3-4-14-30-21(2)24(27(33)29-15-17-34-18-16-29)19-23(26(30)32)20-25(31)28-13-9-8-12-22-10-6-5-7-11-22/h5-7,10-11,23H,3-4,8-9,12-20H2,1-2H3,(H,28,31). The van der Waals surface area contributed by atoms with Gasteiger partial charge >= 0.3 is 0 Å². The third kappa shape index (κ3) is 7.16. The smallest absolute Gasteiger partial charge is 0.251 e. The minimum absolute atomic E-state index is 0.0267. The van der Waals surface area contributed by atoms with Gasteiger partial charge in [-0.25, -0.2) is 0 Å². The van der Waals surface area contributed by atoms with Gasteiger partial charge in [-0.15, -0.1) is 0 Å². The van der Waals surface area contributed by atoms with E-state index >= 15 is 0 Å². The number of benzene rings is 1. The average molecular weight is 470 g/mol. The van der Waals surface area contributed by atoms with Crippen LogP contribution in [0.2, 0.25) is 0 Å². The van der Waals surface area contributed by atoms with Gasteiger partial charge in [0.2, 0.25) is 11.8 Å². The number of morpholine rings is 1. The molecule has 0 bridgehead atoms. The normalized spacial score (nSPS) is 18.9. The second-order valence-electron chi connectivity index (χ2n) is 9.21. The second kappa shape index (κ2) is 13.3. The van der Waals surface area contributed by atoms with Crippen molar-refractivity contribution in [3.8, 4) is 0 Å². The molecule has 1 aromatic carbocycles. The Labute approximate surface area is 203 Å². The van der Waals surface area contributed by atoms with Crippen molar-refractivity contribution in [2.24, 2.45) is 5.92 Å². The van der Waals surface area contributed by atoms with Crippen LogP contribution in [0.3, 0.4) is 0 Å². The summed E-state index contributed by atoms with van der Waals surface area (Å²) in [7, 11) is 0. The maximum Gasteiger partial charge on any atom is 0.251 e. The van der Waals surface area contributed by atoms with Gasteiger partial charge in [0.15, 0.2) is 0 Å². The number of aryl methyl sites for hydroxylation is 1. The summed E-state index contributed by atoms with van der Waals surface area (Å²) < 4.78 is 5.38. The lowest BCUT2D eigenvalue weighted by Crippen LogP contribution is -2.47. The van der Waals surface area contributed by atoms with Crippen molar-refractivity contribution in [1.29, 1.82) is 0 Å². The first-order valence-corrected chi connectivity index (χ1v) is 12.7. The van der Waals surface area contributed by atoms with Crippen LogP contribution in [0.15, 0.2) is 41.6 Å². The van der Waals surface area contributed by atoms with Gasteiger partial charge in [0.05, 0.1) is 19.1 Å². The molecule has 2 aliphatic rings. The fraction of sp³-hybridized carbons (Fsp3) is 0.593. The van der Waals surface area contributed by atoms with Crippen molar-refractivity contribution in [3.63, 3.8) is 0 Å². The van der Waals surface area contributed by atoms with Gasteiger partial charge < -0.3 is 19.9 Å². The summed E-state index contributed by atoms with van der Waals surface area (Å²) in [6.45, 7) is 7.32. The minimum atomic E-state index is -0.495. The van der Waals surface area contributed by atoms with E-state index in [-0.39, 0.29) is 24.1 Å². The summed E-state index contributed by atoms with van der Waals surface area (Å²) in [4.78, 5) is 42.7. The lowest BCUT2D eigenvalue weighted by Gasteiger charge is -2.37. The molecule has 1 atom stereocenters. The van der Waals surface area contributed by atoms with E-state index in [1.807, 2.05) is 25.1 Å². The summed E-state index contributed by atoms with van der Waals surface area (Å²) in [6, 6.07) is 10.3. The van der Waals surface area contributed by atoms with Gasteiger partial charge in [0.25, 0.3) is 5.91 Å². The molecule has 34 heavy (non-hydrogen) atoms. The number of nitrogens with one attached hydrogen (secondary N) is 1. The SMILES string of the molecule is CCCCN1C(=O)C(CC(=O)NCCCCc2ccccc2)CC(C(=O)N2CCOCC2)=C1C. The molecule has 1 aromatic rings. The molecule has 3 amide bonds. The van der Waals surface area contributed by atoms with E-state index in [0.29, 0.717) is 51.4 Å². The van der Waals surface area contributed by atoms with E-state index in [2.05, 4.69) is 24.4 Å². The fourth-order valence-corrected chi connectivity index (χ4v) is 4.61. The molecule has 7 nitrogen and oxygen atoms in total. The van der Waals surface area contributed by atoms with Crippen LogP contribution in [0.5, 0.6) is 0 Å². The molecule has 0 saturated carbocycles. The quantitative estimate of drug-likeness (QED) is 0.505. The molecule has 1 fully saturated rings. The minimum Gasteiger partial charge on any atom is -0.378 e. The van der Waals surface area contributed by atoms with E-state index in [9.17, 15) is 14.4 Å². The van der Waals surface area contributed by atoms with Crippen LogP contribution in [0, 0.1) is 5.92 Å². The van der Waals surface area contributed by atoms with Crippen molar-refractivity contribution in [2.45, 2.75) is 58.8 Å². The first kappa shape index (κ1) is 25.9. The molecular formula is C27H39N3O4. The van der Waals surface area contributed by atoms with Gasteiger partial charge in [0, 0.05) is 43.9 Å². The number of hydrogen-bond donors (Lipinski definition) is 1. The Bertz CT molecular complexity index is 862. The van der Waals surface area contributed by atoms with Crippen LogP contribution in [0.25, 0.3) is 0 Å². The van der Waals surface area contributed by atoms with Crippen molar-refractivity contribution in [1.82, 2.24) is 15.1 Å². The van der Waals surface area contributed by atoms with Crippen LogP contribution < -0.4 is 5.32 Å². The van der Waals surface area contributed by atoms with Crippen LogP contribution in [-0.2, 0) is 25.5 Å². The highest BCUT2D eigenvalue weighted by Gasteiger charge is 2.37. The number of allylic oxidation sites excluding steroid dienone is 1. The van der Waals surface area contributed by atoms with Crippen LogP contribution in [0.4, 0.5) is 0 Å². The highest BCUT2D eigenvalue weighted by atomic mass is 16.5. The number of amides is 3. The molecule has 2 heterocycles. The zero-order chi connectivity index (χ0) is 24.3. The van der Waals surface area contributed by atoms with Crippen molar-refractivity contribution >= 4 is 17.7 Å². The lowest BCUT2D eigenvalue weighted by atomic mass is 9.88. The maximum absolute atomic E-state index is 13.3. The zero-order valence-electron chi connectivity index (χ0n) is 20.7. The predicted molar refractivity (Wildman–Crippen MR) is 132 cm³/mol.